The number of hydrogen-bond donors (Lipinski definition) is 1. The predicted molar refractivity (Wildman–Crippen MR) is 116 cm³/mol. The molecule has 9 nitrogen and oxygen atoms in total. The number of alkyl halides is 3. The number of fused-ring (bicyclic) bond motifs is 2. The lowest BCUT2D eigenvalue weighted by Gasteiger charge is -2.19. The molecule has 1 aliphatic heterocycles. The maximum absolute atomic E-state index is 14.2. The zero-order chi connectivity index (χ0) is 23.3. The first-order chi connectivity index (χ1) is 15.7. The van der Waals surface area contributed by atoms with Crippen LogP contribution >= 0.6 is 0 Å². The molecule has 0 amide bonds. The number of halogens is 3. The van der Waals surface area contributed by atoms with Crippen LogP contribution in [-0.2, 0) is 6.54 Å². The quantitative estimate of drug-likeness (QED) is 0.474. The summed E-state index contributed by atoms with van der Waals surface area (Å²) in [6.07, 6.45) is 0.642. The zero-order valence-electron chi connectivity index (χ0n) is 18.3. The molecular formula is C21H23F3N8O. The molecule has 0 radical (unpaired) electrons. The number of likely N-dealkylation sites (N-methyl/N-ethyl adjacent to an activating group) is 1. The molecule has 1 saturated heterocycles. The van der Waals surface area contributed by atoms with Crippen molar-refractivity contribution in [1.82, 2.24) is 34.5 Å². The lowest BCUT2D eigenvalue weighted by Crippen LogP contribution is -2.38. The van der Waals surface area contributed by atoms with E-state index < -0.39 is 18.1 Å². The number of ether oxygens (including phenoxy) is 1. The Morgan fingerprint density at radius 3 is 2.82 bits per heavy atom. The van der Waals surface area contributed by atoms with Gasteiger partial charge in [0, 0.05) is 18.3 Å². The minimum Gasteiger partial charge on any atom is -0.479 e. The van der Waals surface area contributed by atoms with Gasteiger partial charge in [-0.05, 0) is 37.7 Å². The Morgan fingerprint density at radius 1 is 1.30 bits per heavy atom. The maximum atomic E-state index is 14.2. The Hall–Kier alpha value is -3.41. The van der Waals surface area contributed by atoms with Gasteiger partial charge in [-0.25, -0.2) is 22.4 Å². The third-order valence-corrected chi connectivity index (χ3v) is 5.71. The van der Waals surface area contributed by atoms with E-state index in [0.717, 1.165) is 11.1 Å². The van der Waals surface area contributed by atoms with Crippen LogP contribution in [0.1, 0.15) is 6.92 Å². The predicted octanol–water partition coefficient (Wildman–Crippen LogP) is 2.87. The standard InChI is InChI=1S/C21H23F3N8O/c1-12(22)9-32-16-8-13(4-5-15(16)27-29-32)14-6-7-31-18(14)19(33-3)26-20(28-31)25-17-10-30(2)11-21(17,23)24/h4-8,12,17H,9-11H2,1-3H3,(H,25,28)/t12-,17-/m1/s1. The van der Waals surface area contributed by atoms with Gasteiger partial charge < -0.3 is 10.1 Å². The summed E-state index contributed by atoms with van der Waals surface area (Å²) in [6, 6.07) is 6.28. The molecule has 4 aromatic rings. The van der Waals surface area contributed by atoms with Crippen LogP contribution in [0.5, 0.6) is 5.88 Å². The fraction of sp³-hybridized carbons (Fsp3) is 0.429. The molecule has 0 spiro atoms. The summed E-state index contributed by atoms with van der Waals surface area (Å²) < 4.78 is 50.6. The van der Waals surface area contributed by atoms with E-state index in [-0.39, 0.29) is 31.5 Å². The lowest BCUT2D eigenvalue weighted by atomic mass is 10.1. The molecule has 3 aromatic heterocycles. The third kappa shape index (κ3) is 3.84. The van der Waals surface area contributed by atoms with Gasteiger partial charge in [0.25, 0.3) is 5.92 Å². The smallest absolute Gasteiger partial charge is 0.281 e. The van der Waals surface area contributed by atoms with Crippen molar-refractivity contribution < 1.29 is 17.9 Å². The van der Waals surface area contributed by atoms with Crippen molar-refractivity contribution in [2.24, 2.45) is 0 Å². The van der Waals surface area contributed by atoms with Gasteiger partial charge in [0.05, 0.1) is 25.7 Å². The molecule has 12 heteroatoms. The van der Waals surface area contributed by atoms with Gasteiger partial charge in [0.2, 0.25) is 11.8 Å². The van der Waals surface area contributed by atoms with Gasteiger partial charge in [0.15, 0.2) is 0 Å². The summed E-state index contributed by atoms with van der Waals surface area (Å²) in [5.74, 6) is -2.60. The van der Waals surface area contributed by atoms with Crippen molar-refractivity contribution in [3.8, 4) is 17.0 Å². The number of methoxy groups -OCH3 is 1. The van der Waals surface area contributed by atoms with E-state index in [9.17, 15) is 13.2 Å². The number of nitrogens with zero attached hydrogens (tertiary/aromatic N) is 7. The van der Waals surface area contributed by atoms with Gasteiger partial charge in [-0.2, -0.15) is 4.98 Å². The SMILES string of the molecule is COc1nc(N[C@@H]2CN(C)CC2(F)F)nn2ccc(-c3ccc4nnn(C[C@@H](C)F)c4c3)c12. The molecule has 33 heavy (non-hydrogen) atoms. The summed E-state index contributed by atoms with van der Waals surface area (Å²) in [5.41, 5.74) is 3.51. The van der Waals surface area contributed by atoms with Crippen LogP contribution < -0.4 is 10.1 Å². The summed E-state index contributed by atoms with van der Waals surface area (Å²) in [6.45, 7) is 1.41. The molecule has 1 N–H and O–H groups in total. The van der Waals surface area contributed by atoms with Crippen molar-refractivity contribution >= 4 is 22.5 Å². The first kappa shape index (κ1) is 21.4. The maximum Gasteiger partial charge on any atom is 0.281 e. The normalized spacial score (nSPS) is 19.4. The summed E-state index contributed by atoms with van der Waals surface area (Å²) in [5, 5.41) is 15.2. The summed E-state index contributed by atoms with van der Waals surface area (Å²) in [7, 11) is 3.11. The molecule has 5 rings (SSSR count). The molecule has 174 valence electrons. The van der Waals surface area contributed by atoms with Crippen LogP contribution in [0.2, 0.25) is 0 Å². The second-order valence-electron chi connectivity index (χ2n) is 8.38. The molecule has 2 atom stereocenters. The Kier molecular flexibility index (Phi) is 5.11. The molecule has 1 aromatic carbocycles. The molecule has 4 heterocycles. The van der Waals surface area contributed by atoms with Crippen LogP contribution in [0.3, 0.4) is 0 Å². The second kappa shape index (κ2) is 7.87. The van der Waals surface area contributed by atoms with Gasteiger partial charge in [-0.1, -0.05) is 11.3 Å². The van der Waals surface area contributed by atoms with Gasteiger partial charge in [0.1, 0.15) is 23.2 Å². The average Bonchev–Trinajstić information content (AvgIpc) is 3.42. The molecule has 0 unspecified atom stereocenters. The van der Waals surface area contributed by atoms with Crippen molar-refractivity contribution in [3.63, 3.8) is 0 Å². The van der Waals surface area contributed by atoms with Crippen molar-refractivity contribution in [1.29, 1.82) is 0 Å². The molecule has 0 saturated carbocycles. The van der Waals surface area contributed by atoms with Crippen LogP contribution in [0.15, 0.2) is 30.5 Å². The highest BCUT2D eigenvalue weighted by Gasteiger charge is 2.47. The van der Waals surface area contributed by atoms with Gasteiger partial charge >= 0.3 is 0 Å². The highest BCUT2D eigenvalue weighted by Crippen LogP contribution is 2.34. The molecular weight excluding hydrogens is 437 g/mol. The van der Waals surface area contributed by atoms with E-state index in [1.54, 1.807) is 22.7 Å². The topological polar surface area (TPSA) is 85.4 Å². The Labute approximate surface area is 187 Å². The molecule has 0 aliphatic carbocycles. The molecule has 0 bridgehead atoms. The zero-order valence-corrected chi connectivity index (χ0v) is 18.3. The van der Waals surface area contributed by atoms with E-state index >= 15 is 0 Å². The first-order valence-corrected chi connectivity index (χ1v) is 10.5. The summed E-state index contributed by atoms with van der Waals surface area (Å²) in [4.78, 5) is 5.90. The van der Waals surface area contributed by atoms with Gasteiger partial charge in [-0.3, -0.25) is 4.90 Å². The number of likely N-dealkylation sites (tertiary alicyclic amines) is 1. The Bertz CT molecular complexity index is 1320. The number of anilines is 1. The van der Waals surface area contributed by atoms with Crippen LogP contribution in [-0.4, -0.2) is 79.9 Å². The summed E-state index contributed by atoms with van der Waals surface area (Å²) >= 11 is 0. The minimum atomic E-state index is -2.90. The Morgan fingerprint density at radius 2 is 2.12 bits per heavy atom. The number of nitrogens with one attached hydrogen (secondary N) is 1. The largest absolute Gasteiger partial charge is 0.479 e. The van der Waals surface area contributed by atoms with E-state index in [0.29, 0.717) is 16.6 Å². The fourth-order valence-corrected chi connectivity index (χ4v) is 4.22. The minimum absolute atomic E-state index is 0.0520. The van der Waals surface area contributed by atoms with Crippen LogP contribution in [0, 0.1) is 0 Å². The number of aromatic nitrogens is 6. The monoisotopic (exact) mass is 460 g/mol. The highest BCUT2D eigenvalue weighted by molar-refractivity contribution is 5.89. The molecule has 1 fully saturated rings. The van der Waals surface area contributed by atoms with Crippen molar-refractivity contribution in [2.45, 2.75) is 31.6 Å². The number of benzene rings is 1. The van der Waals surface area contributed by atoms with E-state index in [2.05, 4.69) is 25.7 Å². The van der Waals surface area contributed by atoms with E-state index in [1.807, 2.05) is 24.3 Å². The first-order valence-electron chi connectivity index (χ1n) is 10.5. The third-order valence-electron chi connectivity index (χ3n) is 5.71. The fourth-order valence-electron chi connectivity index (χ4n) is 4.22. The number of hydrogen-bond acceptors (Lipinski definition) is 7. The molecule has 1 aliphatic rings. The second-order valence-corrected chi connectivity index (χ2v) is 8.38. The van der Waals surface area contributed by atoms with Crippen LogP contribution in [0.25, 0.3) is 27.7 Å². The van der Waals surface area contributed by atoms with Crippen molar-refractivity contribution in [3.05, 3.63) is 30.5 Å². The van der Waals surface area contributed by atoms with Crippen LogP contribution in [0.4, 0.5) is 19.1 Å². The lowest BCUT2D eigenvalue weighted by molar-refractivity contribution is 0.00583. The highest BCUT2D eigenvalue weighted by atomic mass is 19.3. The van der Waals surface area contributed by atoms with E-state index in [4.69, 9.17) is 4.74 Å². The van der Waals surface area contributed by atoms with Crippen molar-refractivity contribution in [2.75, 3.05) is 32.6 Å². The average molecular weight is 460 g/mol. The van der Waals surface area contributed by atoms with E-state index in [1.165, 1.54) is 18.7 Å². The van der Waals surface area contributed by atoms with Gasteiger partial charge in [-0.15, -0.1) is 10.2 Å². The Balaban J connectivity index is 1.54. The number of rotatable bonds is 6.